The molecule has 0 radical (unpaired) electrons. The molecule has 20 heavy (non-hydrogen) atoms. The molecular weight excluding hydrogens is 294 g/mol. The number of nitrogens with zero attached hydrogens (tertiary/aromatic N) is 3. The highest BCUT2D eigenvalue weighted by atomic mass is 32.2. The number of aromatic nitrogens is 2. The van der Waals surface area contributed by atoms with Crippen molar-refractivity contribution in [1.82, 2.24) is 10.2 Å². The van der Waals surface area contributed by atoms with E-state index in [1.807, 2.05) is 0 Å². The summed E-state index contributed by atoms with van der Waals surface area (Å²) in [6, 6.07) is 0.347. The molecule has 1 saturated heterocycles. The first-order valence-corrected chi connectivity index (χ1v) is 8.92. The Balaban J connectivity index is 1.57. The standard InChI is InChI=1S/C13H19N3O2S2/c1-9(17)16(10-5-6-10)12-14-15-13(20-12)19-8-11-4-2-3-7-18-11/h10-11H,2-8H2,1H3/t11-/m0/s1. The molecule has 7 heteroatoms. The molecule has 1 aromatic heterocycles. The molecule has 110 valence electrons. The molecule has 2 fully saturated rings. The molecule has 1 atom stereocenters. The van der Waals surface area contributed by atoms with Crippen molar-refractivity contribution in [2.45, 2.75) is 55.5 Å². The van der Waals surface area contributed by atoms with E-state index in [2.05, 4.69) is 10.2 Å². The Labute approximate surface area is 127 Å². The number of ether oxygens (including phenoxy) is 1. The van der Waals surface area contributed by atoms with Gasteiger partial charge in [-0.3, -0.25) is 9.69 Å². The minimum absolute atomic E-state index is 0.0656. The predicted molar refractivity (Wildman–Crippen MR) is 80.4 cm³/mol. The van der Waals surface area contributed by atoms with E-state index in [4.69, 9.17) is 4.74 Å². The van der Waals surface area contributed by atoms with Gasteiger partial charge >= 0.3 is 0 Å². The third kappa shape index (κ3) is 3.51. The molecule has 1 aliphatic heterocycles. The number of carbonyl (C=O) groups excluding carboxylic acids is 1. The van der Waals surface area contributed by atoms with Crippen LogP contribution in [-0.2, 0) is 9.53 Å². The first-order chi connectivity index (χ1) is 9.74. The van der Waals surface area contributed by atoms with Crippen LogP contribution in [0.4, 0.5) is 5.13 Å². The van der Waals surface area contributed by atoms with Crippen LogP contribution in [0.25, 0.3) is 0 Å². The van der Waals surface area contributed by atoms with Crippen LogP contribution in [0.3, 0.4) is 0 Å². The fourth-order valence-corrected chi connectivity index (χ4v) is 4.39. The summed E-state index contributed by atoms with van der Waals surface area (Å²) >= 11 is 3.21. The van der Waals surface area contributed by atoms with Crippen molar-refractivity contribution in [2.24, 2.45) is 0 Å². The number of thioether (sulfide) groups is 1. The van der Waals surface area contributed by atoms with E-state index in [0.29, 0.717) is 12.1 Å². The van der Waals surface area contributed by atoms with Gasteiger partial charge in [-0.2, -0.15) is 0 Å². The largest absolute Gasteiger partial charge is 0.377 e. The van der Waals surface area contributed by atoms with Gasteiger partial charge < -0.3 is 4.74 Å². The van der Waals surface area contributed by atoms with E-state index in [1.54, 1.807) is 23.6 Å². The fourth-order valence-electron chi connectivity index (χ4n) is 2.34. The van der Waals surface area contributed by atoms with E-state index in [0.717, 1.165) is 41.1 Å². The summed E-state index contributed by atoms with van der Waals surface area (Å²) in [4.78, 5) is 13.5. The number of amides is 1. The molecule has 0 N–H and O–H groups in total. The number of hydrogen-bond donors (Lipinski definition) is 0. The Hall–Kier alpha value is -0.660. The molecule has 0 unspecified atom stereocenters. The molecular formula is C13H19N3O2S2. The summed E-state index contributed by atoms with van der Waals surface area (Å²) in [6.07, 6.45) is 6.08. The average Bonchev–Trinajstić information content (AvgIpc) is 3.16. The second-order valence-electron chi connectivity index (χ2n) is 5.27. The summed E-state index contributed by atoms with van der Waals surface area (Å²) in [7, 11) is 0. The third-order valence-electron chi connectivity index (χ3n) is 3.52. The van der Waals surface area contributed by atoms with Crippen LogP contribution in [0.1, 0.15) is 39.0 Å². The van der Waals surface area contributed by atoms with Crippen molar-refractivity contribution in [1.29, 1.82) is 0 Å². The van der Waals surface area contributed by atoms with Crippen LogP contribution < -0.4 is 4.90 Å². The molecule has 2 heterocycles. The lowest BCUT2D eigenvalue weighted by Crippen LogP contribution is -2.30. The van der Waals surface area contributed by atoms with E-state index in [1.165, 1.54) is 24.2 Å². The lowest BCUT2D eigenvalue weighted by Gasteiger charge is -2.21. The SMILES string of the molecule is CC(=O)N(c1nnc(SC[C@@H]2CCCCO2)s1)C1CC1. The van der Waals surface area contributed by atoms with Gasteiger partial charge in [0.15, 0.2) is 4.34 Å². The van der Waals surface area contributed by atoms with Gasteiger partial charge in [-0.1, -0.05) is 23.1 Å². The number of rotatable bonds is 5. The topological polar surface area (TPSA) is 55.3 Å². The zero-order valence-electron chi connectivity index (χ0n) is 11.6. The summed E-state index contributed by atoms with van der Waals surface area (Å²) < 4.78 is 6.64. The monoisotopic (exact) mass is 313 g/mol. The summed E-state index contributed by atoms with van der Waals surface area (Å²) in [6.45, 7) is 2.48. The van der Waals surface area contributed by atoms with Gasteiger partial charge in [-0.15, -0.1) is 10.2 Å². The number of anilines is 1. The maximum absolute atomic E-state index is 11.7. The van der Waals surface area contributed by atoms with E-state index < -0.39 is 0 Å². The Kier molecular flexibility index (Phi) is 4.58. The third-order valence-corrected chi connectivity index (χ3v) is 5.71. The molecule has 1 saturated carbocycles. The van der Waals surface area contributed by atoms with Gasteiger partial charge in [0.1, 0.15) is 0 Å². The van der Waals surface area contributed by atoms with Crippen molar-refractivity contribution in [3.05, 3.63) is 0 Å². The maximum Gasteiger partial charge on any atom is 0.225 e. The molecule has 1 aliphatic carbocycles. The molecule has 1 amide bonds. The Morgan fingerprint density at radius 1 is 1.40 bits per heavy atom. The normalized spacial score (nSPS) is 22.8. The zero-order valence-corrected chi connectivity index (χ0v) is 13.2. The Bertz CT molecular complexity index is 470. The zero-order chi connectivity index (χ0) is 13.9. The molecule has 0 bridgehead atoms. The van der Waals surface area contributed by atoms with Crippen molar-refractivity contribution >= 4 is 34.1 Å². The van der Waals surface area contributed by atoms with Crippen LogP contribution in [0.15, 0.2) is 4.34 Å². The number of hydrogen-bond acceptors (Lipinski definition) is 6. The maximum atomic E-state index is 11.7. The predicted octanol–water partition coefficient (Wildman–Crippen LogP) is 2.71. The van der Waals surface area contributed by atoms with Gasteiger partial charge in [-0.05, 0) is 32.1 Å². The Morgan fingerprint density at radius 2 is 2.25 bits per heavy atom. The summed E-state index contributed by atoms with van der Waals surface area (Å²) in [5.41, 5.74) is 0. The van der Waals surface area contributed by atoms with Crippen molar-refractivity contribution in [3.63, 3.8) is 0 Å². The van der Waals surface area contributed by atoms with Crippen molar-refractivity contribution < 1.29 is 9.53 Å². The lowest BCUT2D eigenvalue weighted by molar-refractivity contribution is -0.116. The van der Waals surface area contributed by atoms with Crippen LogP contribution in [0.2, 0.25) is 0 Å². The van der Waals surface area contributed by atoms with Crippen LogP contribution in [0, 0.1) is 0 Å². The van der Waals surface area contributed by atoms with Crippen LogP contribution in [0.5, 0.6) is 0 Å². The van der Waals surface area contributed by atoms with E-state index in [9.17, 15) is 4.79 Å². The average molecular weight is 313 g/mol. The van der Waals surface area contributed by atoms with E-state index >= 15 is 0 Å². The molecule has 3 rings (SSSR count). The molecule has 0 aromatic carbocycles. The first kappa shape index (κ1) is 14.3. The second kappa shape index (κ2) is 6.41. The highest BCUT2D eigenvalue weighted by Gasteiger charge is 2.34. The molecule has 2 aliphatic rings. The fraction of sp³-hybridized carbons (Fsp3) is 0.769. The quantitative estimate of drug-likeness (QED) is 0.618. The van der Waals surface area contributed by atoms with Crippen molar-refractivity contribution in [2.75, 3.05) is 17.3 Å². The molecule has 0 spiro atoms. The first-order valence-electron chi connectivity index (χ1n) is 7.12. The molecule has 5 nitrogen and oxygen atoms in total. The highest BCUT2D eigenvalue weighted by molar-refractivity contribution is 8.01. The van der Waals surface area contributed by atoms with Gasteiger partial charge in [-0.25, -0.2) is 0 Å². The summed E-state index contributed by atoms with van der Waals surface area (Å²) in [5, 5.41) is 9.11. The second-order valence-corrected chi connectivity index (χ2v) is 7.49. The van der Waals surface area contributed by atoms with Gasteiger partial charge in [0.25, 0.3) is 0 Å². The van der Waals surface area contributed by atoms with Crippen molar-refractivity contribution in [3.8, 4) is 0 Å². The summed E-state index contributed by atoms with van der Waals surface area (Å²) in [5.74, 6) is 0.994. The van der Waals surface area contributed by atoms with Gasteiger partial charge in [0.05, 0.1) is 6.10 Å². The van der Waals surface area contributed by atoms with Crippen LogP contribution in [-0.4, -0.2) is 40.6 Å². The lowest BCUT2D eigenvalue weighted by atomic mass is 10.1. The highest BCUT2D eigenvalue weighted by Crippen LogP contribution is 2.36. The van der Waals surface area contributed by atoms with Gasteiger partial charge in [0, 0.05) is 25.3 Å². The molecule has 1 aromatic rings. The van der Waals surface area contributed by atoms with Gasteiger partial charge in [0.2, 0.25) is 11.0 Å². The Morgan fingerprint density at radius 3 is 2.90 bits per heavy atom. The smallest absolute Gasteiger partial charge is 0.225 e. The number of carbonyl (C=O) groups is 1. The minimum atomic E-state index is 0.0656. The van der Waals surface area contributed by atoms with E-state index in [-0.39, 0.29) is 5.91 Å². The minimum Gasteiger partial charge on any atom is -0.377 e. The van der Waals surface area contributed by atoms with Crippen LogP contribution >= 0.6 is 23.1 Å².